The molecule has 0 spiro atoms. The molecule has 3 rings (SSSR count). The smallest absolute Gasteiger partial charge is 0.295 e. The number of aliphatic hydroxyl groups is 1. The molecule has 1 aromatic carbocycles. The fourth-order valence-electron chi connectivity index (χ4n) is 2.86. The number of hydrogen-bond donors (Lipinski definition) is 2. The highest BCUT2D eigenvalue weighted by atomic mass is 19.1. The Hall–Kier alpha value is -1.62. The van der Waals surface area contributed by atoms with E-state index < -0.39 is 0 Å². The van der Waals surface area contributed by atoms with E-state index in [2.05, 4.69) is 10.3 Å². The Kier molecular flexibility index (Phi) is 3.38. The van der Waals surface area contributed by atoms with Crippen molar-refractivity contribution in [1.29, 1.82) is 0 Å². The molecule has 5 heteroatoms. The summed E-state index contributed by atoms with van der Waals surface area (Å²) in [5.41, 5.74) is 1.11. The molecule has 1 fully saturated rings. The van der Waals surface area contributed by atoms with Crippen LogP contribution in [0.15, 0.2) is 22.6 Å². The van der Waals surface area contributed by atoms with E-state index in [-0.39, 0.29) is 18.5 Å². The number of aromatic nitrogens is 1. The van der Waals surface area contributed by atoms with Crippen LogP contribution in [0.25, 0.3) is 11.1 Å². The van der Waals surface area contributed by atoms with Crippen LogP contribution < -0.4 is 5.32 Å². The van der Waals surface area contributed by atoms with Gasteiger partial charge in [-0.25, -0.2) is 4.39 Å². The lowest BCUT2D eigenvalue weighted by Gasteiger charge is -2.18. The third kappa shape index (κ3) is 2.56. The van der Waals surface area contributed by atoms with Gasteiger partial charge in [0.1, 0.15) is 11.3 Å². The summed E-state index contributed by atoms with van der Waals surface area (Å²) in [4.78, 5) is 4.25. The summed E-state index contributed by atoms with van der Waals surface area (Å²) in [5.74, 6) is 0.142. The van der Waals surface area contributed by atoms with Crippen LogP contribution >= 0.6 is 0 Å². The average Bonchev–Trinajstić information content (AvgIpc) is 2.97. The van der Waals surface area contributed by atoms with Crippen molar-refractivity contribution in [3.8, 4) is 0 Å². The molecule has 0 radical (unpaired) electrons. The van der Waals surface area contributed by atoms with Crippen LogP contribution in [0, 0.1) is 11.7 Å². The number of fused-ring (bicyclic) bond motifs is 1. The summed E-state index contributed by atoms with van der Waals surface area (Å²) in [6, 6.07) is 5.04. The quantitative estimate of drug-likeness (QED) is 0.891. The topological polar surface area (TPSA) is 58.3 Å². The summed E-state index contributed by atoms with van der Waals surface area (Å²) in [7, 11) is 0. The van der Waals surface area contributed by atoms with Gasteiger partial charge in [0, 0.05) is 18.7 Å². The van der Waals surface area contributed by atoms with Gasteiger partial charge in [0.2, 0.25) is 0 Å². The molecule has 0 aliphatic heterocycles. The highest BCUT2D eigenvalue weighted by Crippen LogP contribution is 2.31. The largest absolute Gasteiger partial charge is 0.424 e. The van der Waals surface area contributed by atoms with E-state index in [9.17, 15) is 4.39 Å². The van der Waals surface area contributed by atoms with Gasteiger partial charge >= 0.3 is 0 Å². The van der Waals surface area contributed by atoms with Crippen LogP contribution in [0.3, 0.4) is 0 Å². The van der Waals surface area contributed by atoms with Gasteiger partial charge in [-0.2, -0.15) is 4.98 Å². The Balaban J connectivity index is 1.77. The summed E-state index contributed by atoms with van der Waals surface area (Å²) in [6.45, 7) is 0.210. The lowest BCUT2D eigenvalue weighted by Crippen LogP contribution is -2.24. The van der Waals surface area contributed by atoms with Gasteiger partial charge in [-0.1, -0.05) is 6.42 Å². The molecule has 2 aromatic rings. The highest BCUT2D eigenvalue weighted by molar-refractivity contribution is 5.74. The zero-order valence-corrected chi connectivity index (χ0v) is 10.6. The second-order valence-corrected chi connectivity index (χ2v) is 5.09. The van der Waals surface area contributed by atoms with Crippen molar-refractivity contribution in [2.75, 3.05) is 11.9 Å². The van der Waals surface area contributed by atoms with E-state index in [4.69, 9.17) is 9.52 Å². The number of halogens is 1. The minimum Gasteiger partial charge on any atom is -0.424 e. The Morgan fingerprint density at radius 1 is 1.42 bits per heavy atom. The van der Waals surface area contributed by atoms with Gasteiger partial charge in [-0.15, -0.1) is 0 Å². The minimum absolute atomic E-state index is 0.210. The first kappa shape index (κ1) is 12.4. The van der Waals surface area contributed by atoms with Gasteiger partial charge in [-0.3, -0.25) is 0 Å². The summed E-state index contributed by atoms with van der Waals surface area (Å²) >= 11 is 0. The molecule has 19 heavy (non-hydrogen) atoms. The zero-order chi connectivity index (χ0) is 13.2. The third-order valence-electron chi connectivity index (χ3n) is 3.82. The van der Waals surface area contributed by atoms with Crippen LogP contribution in [0.2, 0.25) is 0 Å². The lowest BCUT2D eigenvalue weighted by atomic mass is 10.0. The normalized spacial score (nSPS) is 23.1. The van der Waals surface area contributed by atoms with E-state index in [1.54, 1.807) is 6.07 Å². The van der Waals surface area contributed by atoms with Gasteiger partial charge in [0.15, 0.2) is 5.58 Å². The Labute approximate surface area is 110 Å². The molecular weight excluding hydrogens is 247 g/mol. The predicted octanol–water partition coefficient (Wildman–Crippen LogP) is 2.93. The first-order valence-corrected chi connectivity index (χ1v) is 6.70. The number of nitrogens with zero attached hydrogens (tertiary/aromatic N) is 1. The number of hydrogen-bond acceptors (Lipinski definition) is 4. The van der Waals surface area contributed by atoms with Crippen LogP contribution in [0.5, 0.6) is 0 Å². The van der Waals surface area contributed by atoms with Crippen LogP contribution in [-0.4, -0.2) is 22.7 Å². The molecule has 2 unspecified atom stereocenters. The van der Waals surface area contributed by atoms with E-state index in [1.165, 1.54) is 12.1 Å². The maximum absolute atomic E-state index is 13.1. The molecule has 0 saturated heterocycles. The van der Waals surface area contributed by atoms with Crippen molar-refractivity contribution in [1.82, 2.24) is 4.98 Å². The number of aliphatic hydroxyl groups excluding tert-OH is 1. The number of nitrogens with one attached hydrogen (secondary N) is 1. The molecule has 1 aromatic heterocycles. The zero-order valence-electron chi connectivity index (χ0n) is 10.6. The predicted molar refractivity (Wildman–Crippen MR) is 70.4 cm³/mol. The SMILES string of the molecule is OCCC1CCCC1Nc1nc2cc(F)ccc2o1. The van der Waals surface area contributed by atoms with Crippen molar-refractivity contribution in [3.63, 3.8) is 0 Å². The van der Waals surface area contributed by atoms with Crippen LogP contribution in [-0.2, 0) is 0 Å². The second kappa shape index (κ2) is 5.17. The first-order chi connectivity index (χ1) is 9.26. The fraction of sp³-hybridized carbons (Fsp3) is 0.500. The summed E-state index contributed by atoms with van der Waals surface area (Å²) in [5, 5.41) is 12.3. The Bertz CT molecular complexity index is 570. The van der Waals surface area contributed by atoms with Crippen LogP contribution in [0.4, 0.5) is 10.4 Å². The molecule has 0 bridgehead atoms. The van der Waals surface area contributed by atoms with E-state index >= 15 is 0 Å². The number of benzene rings is 1. The van der Waals surface area contributed by atoms with Gasteiger partial charge in [0.05, 0.1) is 0 Å². The molecule has 1 saturated carbocycles. The van der Waals surface area contributed by atoms with Crippen molar-refractivity contribution >= 4 is 17.1 Å². The summed E-state index contributed by atoms with van der Waals surface area (Å²) < 4.78 is 18.6. The molecule has 2 atom stereocenters. The van der Waals surface area contributed by atoms with E-state index in [0.717, 1.165) is 25.7 Å². The maximum atomic E-state index is 13.1. The molecule has 1 aliphatic carbocycles. The fourth-order valence-corrected chi connectivity index (χ4v) is 2.86. The number of oxazole rings is 1. The molecule has 2 N–H and O–H groups in total. The molecule has 4 nitrogen and oxygen atoms in total. The van der Waals surface area contributed by atoms with Crippen molar-refractivity contribution in [2.24, 2.45) is 5.92 Å². The van der Waals surface area contributed by atoms with Crippen LogP contribution in [0.1, 0.15) is 25.7 Å². The van der Waals surface area contributed by atoms with Gasteiger partial charge < -0.3 is 14.8 Å². The minimum atomic E-state index is -0.314. The van der Waals surface area contributed by atoms with Gasteiger partial charge in [-0.05, 0) is 37.3 Å². The lowest BCUT2D eigenvalue weighted by molar-refractivity contribution is 0.253. The molecule has 1 heterocycles. The summed E-state index contributed by atoms with van der Waals surface area (Å²) in [6.07, 6.45) is 4.12. The van der Waals surface area contributed by atoms with E-state index in [0.29, 0.717) is 23.0 Å². The molecular formula is C14H17FN2O2. The second-order valence-electron chi connectivity index (χ2n) is 5.09. The maximum Gasteiger partial charge on any atom is 0.295 e. The van der Waals surface area contributed by atoms with E-state index in [1.807, 2.05) is 0 Å². The van der Waals surface area contributed by atoms with Gasteiger partial charge in [0.25, 0.3) is 6.01 Å². The number of anilines is 1. The Morgan fingerprint density at radius 3 is 3.16 bits per heavy atom. The third-order valence-corrected chi connectivity index (χ3v) is 3.82. The van der Waals surface area contributed by atoms with Crippen molar-refractivity contribution < 1.29 is 13.9 Å². The monoisotopic (exact) mass is 264 g/mol. The average molecular weight is 264 g/mol. The first-order valence-electron chi connectivity index (χ1n) is 6.70. The molecule has 1 aliphatic rings. The molecule has 0 amide bonds. The standard InChI is InChI=1S/C14H17FN2O2/c15-10-4-5-13-12(8-10)17-14(19-13)16-11-3-1-2-9(11)6-7-18/h4-5,8-9,11,18H,1-3,6-7H2,(H,16,17). The van der Waals surface area contributed by atoms with Crippen molar-refractivity contribution in [3.05, 3.63) is 24.0 Å². The highest BCUT2D eigenvalue weighted by Gasteiger charge is 2.27. The molecule has 102 valence electrons. The Morgan fingerprint density at radius 2 is 2.32 bits per heavy atom. The number of rotatable bonds is 4. The van der Waals surface area contributed by atoms with Crippen molar-refractivity contribution in [2.45, 2.75) is 31.7 Å².